The van der Waals surface area contributed by atoms with Gasteiger partial charge in [-0.3, -0.25) is 14.9 Å². The number of imide groups is 1. The Balaban J connectivity index is 2.48. The first-order valence-electron chi connectivity index (χ1n) is 7.43. The van der Waals surface area contributed by atoms with Gasteiger partial charge >= 0.3 is 12.0 Å². The quantitative estimate of drug-likeness (QED) is 0.592. The fourth-order valence-corrected chi connectivity index (χ4v) is 2.58. The molecule has 0 spiro atoms. The highest BCUT2D eigenvalue weighted by Crippen LogP contribution is 2.25. The van der Waals surface area contributed by atoms with Gasteiger partial charge < -0.3 is 10.1 Å². The van der Waals surface area contributed by atoms with Crippen LogP contribution in [-0.2, 0) is 14.3 Å². The predicted octanol–water partition coefficient (Wildman–Crippen LogP) is 2.99. The van der Waals surface area contributed by atoms with Gasteiger partial charge in [0.15, 0.2) is 6.10 Å². The van der Waals surface area contributed by atoms with E-state index in [1.807, 2.05) is 0 Å². The van der Waals surface area contributed by atoms with Crippen molar-refractivity contribution in [2.45, 2.75) is 50.0 Å². The first-order valence-corrected chi connectivity index (χ1v) is 8.69. The lowest BCUT2D eigenvalue weighted by Gasteiger charge is -2.17. The minimum Gasteiger partial charge on any atom is -0.452 e. The Bertz CT molecular complexity index is 592. The number of thioether (sulfide) groups is 1. The molecule has 132 valence electrons. The summed E-state index contributed by atoms with van der Waals surface area (Å²) in [5.74, 6) is -1.22. The fourth-order valence-electron chi connectivity index (χ4n) is 1.60. The summed E-state index contributed by atoms with van der Waals surface area (Å²) in [7, 11) is 0. The third kappa shape index (κ3) is 7.23. The molecule has 0 aliphatic heterocycles. The highest BCUT2D eigenvalue weighted by atomic mass is 35.5. The molecule has 1 rings (SSSR count). The van der Waals surface area contributed by atoms with Crippen LogP contribution in [0.4, 0.5) is 4.79 Å². The molecular formula is C16H21ClN2O4S. The maximum Gasteiger partial charge on any atom is 0.321 e. The summed E-state index contributed by atoms with van der Waals surface area (Å²) in [5.41, 5.74) is 0. The standard InChI is InChI=1S/C16H21ClN2O4S/c1-9(2)18-16(22)19-14(20)10(3)23-15(21)11(4)24-13-7-5-12(17)6-8-13/h5-11H,1-4H3,(H2,18,19,20,22)/t10-,11-/m0/s1. The van der Waals surface area contributed by atoms with Crippen LogP contribution in [-0.4, -0.2) is 35.3 Å². The van der Waals surface area contributed by atoms with Crippen LogP contribution >= 0.6 is 23.4 Å². The number of esters is 1. The van der Waals surface area contributed by atoms with Gasteiger partial charge in [-0.25, -0.2) is 4.79 Å². The van der Waals surface area contributed by atoms with E-state index < -0.39 is 29.3 Å². The van der Waals surface area contributed by atoms with Crippen LogP contribution in [0.5, 0.6) is 0 Å². The molecule has 0 saturated carbocycles. The van der Waals surface area contributed by atoms with Crippen LogP contribution in [0.3, 0.4) is 0 Å². The second-order valence-corrected chi connectivity index (χ2v) is 7.26. The minimum absolute atomic E-state index is 0.105. The van der Waals surface area contributed by atoms with Crippen molar-refractivity contribution in [1.82, 2.24) is 10.6 Å². The van der Waals surface area contributed by atoms with E-state index in [-0.39, 0.29) is 6.04 Å². The highest BCUT2D eigenvalue weighted by molar-refractivity contribution is 8.00. The van der Waals surface area contributed by atoms with Crippen molar-refractivity contribution in [3.8, 4) is 0 Å². The van der Waals surface area contributed by atoms with Gasteiger partial charge in [-0.15, -0.1) is 11.8 Å². The Hall–Kier alpha value is -1.73. The molecule has 0 fully saturated rings. The van der Waals surface area contributed by atoms with Crippen molar-refractivity contribution >= 4 is 41.3 Å². The van der Waals surface area contributed by atoms with Crippen LogP contribution < -0.4 is 10.6 Å². The van der Waals surface area contributed by atoms with Crippen molar-refractivity contribution in [2.75, 3.05) is 0 Å². The van der Waals surface area contributed by atoms with Crippen molar-refractivity contribution in [3.05, 3.63) is 29.3 Å². The van der Waals surface area contributed by atoms with E-state index >= 15 is 0 Å². The molecule has 8 heteroatoms. The zero-order valence-electron chi connectivity index (χ0n) is 14.0. The Morgan fingerprint density at radius 3 is 2.21 bits per heavy atom. The van der Waals surface area contributed by atoms with Crippen LogP contribution in [0, 0.1) is 0 Å². The Kier molecular flexibility index (Phi) is 8.07. The zero-order valence-corrected chi connectivity index (χ0v) is 15.5. The van der Waals surface area contributed by atoms with Crippen LogP contribution in [0.15, 0.2) is 29.2 Å². The van der Waals surface area contributed by atoms with Crippen LogP contribution in [0.1, 0.15) is 27.7 Å². The molecular weight excluding hydrogens is 352 g/mol. The molecule has 0 saturated heterocycles. The van der Waals surface area contributed by atoms with Gasteiger partial charge in [-0.2, -0.15) is 0 Å². The third-order valence-electron chi connectivity index (χ3n) is 2.78. The summed E-state index contributed by atoms with van der Waals surface area (Å²) in [6.45, 7) is 6.62. The van der Waals surface area contributed by atoms with Crippen molar-refractivity contribution in [3.63, 3.8) is 0 Å². The Labute approximate surface area is 150 Å². The molecule has 0 unspecified atom stereocenters. The van der Waals surface area contributed by atoms with Gasteiger partial charge in [-0.1, -0.05) is 11.6 Å². The van der Waals surface area contributed by atoms with Gasteiger partial charge in [0.25, 0.3) is 5.91 Å². The number of benzene rings is 1. The molecule has 2 N–H and O–H groups in total. The maximum atomic E-state index is 12.0. The molecule has 1 aromatic rings. The molecule has 2 atom stereocenters. The third-order valence-corrected chi connectivity index (χ3v) is 4.12. The lowest BCUT2D eigenvalue weighted by Crippen LogP contribution is -2.46. The minimum atomic E-state index is -1.07. The van der Waals surface area contributed by atoms with E-state index in [0.717, 1.165) is 4.90 Å². The average molecular weight is 373 g/mol. The number of ether oxygens (including phenoxy) is 1. The van der Waals surface area contributed by atoms with Gasteiger partial charge in [-0.05, 0) is 52.0 Å². The zero-order chi connectivity index (χ0) is 18.3. The number of amides is 3. The van der Waals surface area contributed by atoms with Gasteiger partial charge in [0, 0.05) is 16.0 Å². The summed E-state index contributed by atoms with van der Waals surface area (Å²) in [6.07, 6.45) is -1.07. The average Bonchev–Trinajstić information content (AvgIpc) is 2.48. The van der Waals surface area contributed by atoms with Crippen molar-refractivity contribution in [2.24, 2.45) is 0 Å². The van der Waals surface area contributed by atoms with E-state index in [0.29, 0.717) is 5.02 Å². The number of carbonyl (C=O) groups excluding carboxylic acids is 3. The molecule has 0 bridgehead atoms. The maximum absolute atomic E-state index is 12.0. The van der Waals surface area contributed by atoms with Crippen molar-refractivity contribution < 1.29 is 19.1 Å². The van der Waals surface area contributed by atoms with Gasteiger partial charge in [0.05, 0.1) is 0 Å². The lowest BCUT2D eigenvalue weighted by molar-refractivity contribution is -0.153. The molecule has 0 heterocycles. The van der Waals surface area contributed by atoms with E-state index in [2.05, 4.69) is 10.6 Å². The first-order chi connectivity index (χ1) is 11.2. The summed E-state index contributed by atoms with van der Waals surface area (Å²) < 4.78 is 5.10. The summed E-state index contributed by atoms with van der Waals surface area (Å²) >= 11 is 7.10. The molecule has 1 aromatic carbocycles. The summed E-state index contributed by atoms with van der Waals surface area (Å²) in [4.78, 5) is 36.2. The molecule has 3 amide bonds. The SMILES string of the molecule is CC(C)NC(=O)NC(=O)[C@H](C)OC(=O)[C@H](C)Sc1ccc(Cl)cc1. The fraction of sp³-hybridized carbons (Fsp3) is 0.438. The number of nitrogens with one attached hydrogen (secondary N) is 2. The Morgan fingerprint density at radius 2 is 1.67 bits per heavy atom. The number of hydrogen-bond acceptors (Lipinski definition) is 5. The smallest absolute Gasteiger partial charge is 0.321 e. The molecule has 0 radical (unpaired) electrons. The second kappa shape index (κ2) is 9.54. The lowest BCUT2D eigenvalue weighted by atomic mass is 10.3. The molecule has 0 aliphatic carbocycles. The van der Waals surface area contributed by atoms with Crippen LogP contribution in [0.25, 0.3) is 0 Å². The summed E-state index contributed by atoms with van der Waals surface area (Å²) in [6, 6.07) is 6.32. The Morgan fingerprint density at radius 1 is 1.08 bits per heavy atom. The number of halogens is 1. The van der Waals surface area contributed by atoms with Crippen molar-refractivity contribution in [1.29, 1.82) is 0 Å². The molecule has 0 aromatic heterocycles. The monoisotopic (exact) mass is 372 g/mol. The van der Waals surface area contributed by atoms with Gasteiger partial charge in [0.1, 0.15) is 5.25 Å². The first kappa shape index (κ1) is 20.3. The molecule has 24 heavy (non-hydrogen) atoms. The molecule has 0 aliphatic rings. The second-order valence-electron chi connectivity index (χ2n) is 5.41. The largest absolute Gasteiger partial charge is 0.452 e. The number of hydrogen-bond donors (Lipinski definition) is 2. The van der Waals surface area contributed by atoms with Crippen LogP contribution in [0.2, 0.25) is 5.02 Å². The number of carbonyl (C=O) groups is 3. The number of urea groups is 1. The molecule has 6 nitrogen and oxygen atoms in total. The number of rotatable bonds is 6. The van der Waals surface area contributed by atoms with E-state index in [1.54, 1.807) is 45.0 Å². The van der Waals surface area contributed by atoms with E-state index in [4.69, 9.17) is 16.3 Å². The highest BCUT2D eigenvalue weighted by Gasteiger charge is 2.24. The topological polar surface area (TPSA) is 84.5 Å². The normalized spacial score (nSPS) is 13.1. The summed E-state index contributed by atoms with van der Waals surface area (Å²) in [5, 5.41) is 4.74. The van der Waals surface area contributed by atoms with E-state index in [9.17, 15) is 14.4 Å². The van der Waals surface area contributed by atoms with E-state index in [1.165, 1.54) is 18.7 Å². The van der Waals surface area contributed by atoms with Gasteiger partial charge in [0.2, 0.25) is 0 Å². The predicted molar refractivity (Wildman–Crippen MR) is 94.1 cm³/mol.